The van der Waals surface area contributed by atoms with Gasteiger partial charge in [-0.05, 0) is 46.5 Å². The Hall–Kier alpha value is -2.05. The van der Waals surface area contributed by atoms with Gasteiger partial charge in [-0.3, -0.25) is 4.79 Å². The number of nitrogens with one attached hydrogen (secondary N) is 1. The summed E-state index contributed by atoms with van der Waals surface area (Å²) in [6.07, 6.45) is 3.27. The summed E-state index contributed by atoms with van der Waals surface area (Å²) < 4.78 is 6.88. The van der Waals surface area contributed by atoms with Gasteiger partial charge in [-0.1, -0.05) is 0 Å². The van der Waals surface area contributed by atoms with Gasteiger partial charge in [0.2, 0.25) is 0 Å². The smallest absolute Gasteiger partial charge is 0.408 e. The summed E-state index contributed by atoms with van der Waals surface area (Å²) in [5, 5.41) is 11.7. The lowest BCUT2D eigenvalue weighted by atomic mass is 10.0. The summed E-state index contributed by atoms with van der Waals surface area (Å²) in [4.78, 5) is 27.3. The molecule has 0 bridgehead atoms. The topological polar surface area (TPSA) is 93.5 Å². The van der Waals surface area contributed by atoms with Crippen LogP contribution in [0.15, 0.2) is 0 Å². The van der Waals surface area contributed by atoms with Gasteiger partial charge >= 0.3 is 12.1 Å². The van der Waals surface area contributed by atoms with Gasteiger partial charge in [0.25, 0.3) is 0 Å². The molecule has 0 fully saturated rings. The van der Waals surface area contributed by atoms with Crippen LogP contribution >= 0.6 is 0 Å². The fourth-order valence-electron chi connectivity index (χ4n) is 2.58. The molecule has 2 N–H and O–H groups in total. The highest BCUT2D eigenvalue weighted by atomic mass is 16.6. The van der Waals surface area contributed by atoms with Crippen LogP contribution in [0.4, 0.5) is 4.79 Å². The summed E-state index contributed by atoms with van der Waals surface area (Å²) in [7, 11) is 0. The van der Waals surface area contributed by atoms with Crippen molar-refractivity contribution in [3.63, 3.8) is 0 Å². The lowest BCUT2D eigenvalue weighted by Gasteiger charge is -2.19. The van der Waals surface area contributed by atoms with Crippen molar-refractivity contribution in [3.8, 4) is 0 Å². The number of nitrogens with zero attached hydrogens (tertiary/aromatic N) is 2. The Labute approximate surface area is 129 Å². The van der Waals surface area contributed by atoms with E-state index in [-0.39, 0.29) is 13.1 Å². The van der Waals surface area contributed by atoms with E-state index >= 15 is 0 Å². The molecule has 0 unspecified atom stereocenters. The number of amides is 1. The molecule has 0 spiro atoms. The van der Waals surface area contributed by atoms with E-state index in [0.29, 0.717) is 5.82 Å². The molecule has 1 aromatic heterocycles. The van der Waals surface area contributed by atoms with Crippen molar-refractivity contribution >= 4 is 12.1 Å². The van der Waals surface area contributed by atoms with Crippen LogP contribution in [0.2, 0.25) is 0 Å². The standard InChI is InChI=1S/C15H23N3O4/c1-15(2,3)22-14(21)16-8-12-17-10-6-4-5-7-11(10)18(12)9-13(19)20/h4-9H2,1-3H3,(H,16,21)(H,19,20). The second-order valence-corrected chi connectivity index (χ2v) is 6.46. The fourth-order valence-corrected chi connectivity index (χ4v) is 2.58. The third kappa shape index (κ3) is 4.22. The zero-order valence-electron chi connectivity index (χ0n) is 13.3. The van der Waals surface area contributed by atoms with Gasteiger partial charge in [0.15, 0.2) is 0 Å². The fraction of sp³-hybridized carbons (Fsp3) is 0.667. The molecule has 0 radical (unpaired) electrons. The molecule has 122 valence electrons. The highest BCUT2D eigenvalue weighted by molar-refractivity contribution is 5.68. The summed E-state index contributed by atoms with van der Waals surface area (Å²) in [6.45, 7) is 5.40. The molecule has 0 aromatic carbocycles. The van der Waals surface area contributed by atoms with E-state index in [1.54, 1.807) is 25.3 Å². The lowest BCUT2D eigenvalue weighted by Crippen LogP contribution is -2.33. The lowest BCUT2D eigenvalue weighted by molar-refractivity contribution is -0.137. The first-order valence-electron chi connectivity index (χ1n) is 7.52. The van der Waals surface area contributed by atoms with E-state index in [2.05, 4.69) is 10.3 Å². The van der Waals surface area contributed by atoms with Crippen molar-refractivity contribution in [2.24, 2.45) is 0 Å². The van der Waals surface area contributed by atoms with Gasteiger partial charge in [0, 0.05) is 5.69 Å². The minimum absolute atomic E-state index is 0.131. The number of aromatic nitrogens is 2. The Kier molecular flexibility index (Phi) is 4.73. The number of fused-ring (bicyclic) bond motifs is 1. The first kappa shape index (κ1) is 16.3. The molecule has 2 rings (SSSR count). The van der Waals surface area contributed by atoms with Crippen LogP contribution in [0.25, 0.3) is 0 Å². The Morgan fingerprint density at radius 1 is 1.32 bits per heavy atom. The molecule has 0 aliphatic heterocycles. The van der Waals surface area contributed by atoms with Crippen molar-refractivity contribution in [1.82, 2.24) is 14.9 Å². The maximum atomic E-state index is 11.7. The number of ether oxygens (including phenoxy) is 1. The Bertz CT molecular complexity index is 572. The van der Waals surface area contributed by atoms with Crippen LogP contribution in [0.5, 0.6) is 0 Å². The van der Waals surface area contributed by atoms with E-state index in [4.69, 9.17) is 9.84 Å². The van der Waals surface area contributed by atoms with Crippen LogP contribution in [-0.4, -0.2) is 32.3 Å². The highest BCUT2D eigenvalue weighted by Gasteiger charge is 2.22. The van der Waals surface area contributed by atoms with Crippen molar-refractivity contribution < 1.29 is 19.4 Å². The molecule has 1 amide bonds. The molecular weight excluding hydrogens is 286 g/mol. The number of alkyl carbamates (subject to hydrolysis) is 1. The minimum Gasteiger partial charge on any atom is -0.480 e. The molecule has 1 aromatic rings. The molecule has 7 nitrogen and oxygen atoms in total. The largest absolute Gasteiger partial charge is 0.480 e. The summed E-state index contributed by atoms with van der Waals surface area (Å²) in [5.41, 5.74) is 1.36. The second kappa shape index (κ2) is 6.37. The van der Waals surface area contributed by atoms with Gasteiger partial charge in [-0.15, -0.1) is 0 Å². The predicted octanol–water partition coefficient (Wildman–Crippen LogP) is 1.87. The second-order valence-electron chi connectivity index (χ2n) is 6.46. The van der Waals surface area contributed by atoms with Gasteiger partial charge in [0.1, 0.15) is 18.0 Å². The summed E-state index contributed by atoms with van der Waals surface area (Å²) in [5.74, 6) is -0.343. The highest BCUT2D eigenvalue weighted by Crippen LogP contribution is 2.22. The van der Waals surface area contributed by atoms with Gasteiger partial charge < -0.3 is 19.7 Å². The number of carbonyl (C=O) groups excluding carboxylic acids is 1. The quantitative estimate of drug-likeness (QED) is 0.885. The van der Waals surface area contributed by atoms with Crippen LogP contribution in [0.1, 0.15) is 50.8 Å². The van der Waals surface area contributed by atoms with E-state index in [0.717, 1.165) is 37.1 Å². The number of hydrogen-bond donors (Lipinski definition) is 2. The molecule has 1 aliphatic rings. The average Bonchev–Trinajstić information content (AvgIpc) is 2.72. The number of carbonyl (C=O) groups is 2. The average molecular weight is 309 g/mol. The number of aryl methyl sites for hydroxylation is 1. The number of imidazole rings is 1. The Morgan fingerprint density at radius 3 is 2.64 bits per heavy atom. The zero-order chi connectivity index (χ0) is 16.3. The first-order valence-corrected chi connectivity index (χ1v) is 7.52. The van der Waals surface area contributed by atoms with Crippen molar-refractivity contribution in [3.05, 3.63) is 17.2 Å². The SMILES string of the molecule is CC(C)(C)OC(=O)NCc1nc2c(n1CC(=O)O)CCCC2. The maximum Gasteiger partial charge on any atom is 0.408 e. The van der Waals surface area contributed by atoms with Gasteiger partial charge in [0.05, 0.1) is 12.2 Å². The van der Waals surface area contributed by atoms with Crippen molar-refractivity contribution in [2.45, 2.75) is 65.1 Å². The summed E-state index contributed by atoms with van der Waals surface area (Å²) in [6, 6.07) is 0. The van der Waals surface area contributed by atoms with Gasteiger partial charge in [-0.25, -0.2) is 9.78 Å². The monoisotopic (exact) mass is 309 g/mol. The number of hydrogen-bond acceptors (Lipinski definition) is 4. The van der Waals surface area contributed by atoms with Crippen LogP contribution < -0.4 is 5.32 Å². The number of carboxylic acid groups (broad SMARTS) is 1. The number of rotatable bonds is 4. The summed E-state index contributed by atoms with van der Waals surface area (Å²) >= 11 is 0. The Balaban J connectivity index is 2.11. The molecular formula is C15H23N3O4. The molecule has 1 heterocycles. The van der Waals surface area contributed by atoms with Gasteiger partial charge in [-0.2, -0.15) is 0 Å². The predicted molar refractivity (Wildman–Crippen MR) is 79.6 cm³/mol. The van der Waals surface area contributed by atoms with Crippen LogP contribution in [0.3, 0.4) is 0 Å². The normalized spacial score (nSPS) is 14.3. The number of aliphatic carboxylic acids is 1. The van der Waals surface area contributed by atoms with E-state index in [1.807, 2.05) is 0 Å². The molecule has 0 saturated heterocycles. The number of carboxylic acids is 1. The van der Waals surface area contributed by atoms with E-state index < -0.39 is 17.7 Å². The molecule has 0 saturated carbocycles. The first-order chi connectivity index (χ1) is 10.3. The van der Waals surface area contributed by atoms with Crippen molar-refractivity contribution in [1.29, 1.82) is 0 Å². The Morgan fingerprint density at radius 2 is 2.00 bits per heavy atom. The van der Waals surface area contributed by atoms with Crippen LogP contribution in [-0.2, 0) is 35.5 Å². The molecule has 0 atom stereocenters. The van der Waals surface area contributed by atoms with E-state index in [1.165, 1.54) is 0 Å². The van der Waals surface area contributed by atoms with E-state index in [9.17, 15) is 9.59 Å². The zero-order valence-corrected chi connectivity index (χ0v) is 13.3. The maximum absolute atomic E-state index is 11.7. The molecule has 1 aliphatic carbocycles. The van der Waals surface area contributed by atoms with Crippen molar-refractivity contribution in [2.75, 3.05) is 0 Å². The third-order valence-corrected chi connectivity index (χ3v) is 3.39. The molecule has 22 heavy (non-hydrogen) atoms. The molecule has 7 heteroatoms. The third-order valence-electron chi connectivity index (χ3n) is 3.39. The van der Waals surface area contributed by atoms with Crippen LogP contribution in [0, 0.1) is 0 Å². The minimum atomic E-state index is -0.913.